The van der Waals surface area contributed by atoms with Crippen LogP contribution < -0.4 is 9.64 Å². The van der Waals surface area contributed by atoms with Gasteiger partial charge in [0.2, 0.25) is 11.8 Å². The standard InChI is InChI=1S/C15H17N3O/c1-18(15-16-10-9-14(17-15)19-2)13-8-7-11-5-3-4-6-12(11)13/h3-6,9-10,13H,7-8H2,1-2H3. The number of hydrogen-bond donors (Lipinski definition) is 0. The Balaban J connectivity index is 1.90. The number of ether oxygens (including phenoxy) is 1. The van der Waals surface area contributed by atoms with Gasteiger partial charge >= 0.3 is 0 Å². The first-order valence-electron chi connectivity index (χ1n) is 6.47. The maximum Gasteiger partial charge on any atom is 0.228 e. The Labute approximate surface area is 113 Å². The van der Waals surface area contributed by atoms with Crippen molar-refractivity contribution in [1.29, 1.82) is 0 Å². The fourth-order valence-electron chi connectivity index (χ4n) is 2.69. The summed E-state index contributed by atoms with van der Waals surface area (Å²) in [5.41, 5.74) is 2.82. The largest absolute Gasteiger partial charge is 0.481 e. The SMILES string of the molecule is COc1ccnc(N(C)C2CCc3ccccc32)n1. The van der Waals surface area contributed by atoms with Gasteiger partial charge in [-0.1, -0.05) is 24.3 Å². The molecule has 0 bridgehead atoms. The lowest BCUT2D eigenvalue weighted by atomic mass is 10.1. The molecule has 0 amide bonds. The molecule has 0 spiro atoms. The van der Waals surface area contributed by atoms with Crippen molar-refractivity contribution in [2.24, 2.45) is 0 Å². The maximum atomic E-state index is 5.16. The van der Waals surface area contributed by atoms with Crippen molar-refractivity contribution in [2.75, 3.05) is 19.1 Å². The van der Waals surface area contributed by atoms with Gasteiger partial charge in [-0.15, -0.1) is 0 Å². The van der Waals surface area contributed by atoms with Crippen LogP contribution in [0.5, 0.6) is 5.88 Å². The molecule has 4 nitrogen and oxygen atoms in total. The molecule has 1 unspecified atom stereocenters. The monoisotopic (exact) mass is 255 g/mol. The van der Waals surface area contributed by atoms with Gasteiger partial charge in [0.05, 0.1) is 13.2 Å². The number of methoxy groups -OCH3 is 1. The van der Waals surface area contributed by atoms with Gasteiger partial charge in [-0.2, -0.15) is 4.98 Å². The number of hydrogen-bond acceptors (Lipinski definition) is 4. The Kier molecular flexibility index (Phi) is 3.07. The third-order valence-corrected chi connectivity index (χ3v) is 3.71. The number of rotatable bonds is 3. The zero-order chi connectivity index (χ0) is 13.2. The quantitative estimate of drug-likeness (QED) is 0.845. The van der Waals surface area contributed by atoms with E-state index in [0.717, 1.165) is 12.8 Å². The van der Waals surface area contributed by atoms with E-state index in [0.29, 0.717) is 17.9 Å². The molecule has 0 saturated carbocycles. The molecule has 1 atom stereocenters. The van der Waals surface area contributed by atoms with Crippen LogP contribution in [-0.2, 0) is 6.42 Å². The van der Waals surface area contributed by atoms with E-state index in [4.69, 9.17) is 4.74 Å². The van der Waals surface area contributed by atoms with Gasteiger partial charge in [0.1, 0.15) is 0 Å². The second-order valence-electron chi connectivity index (χ2n) is 4.76. The minimum absolute atomic E-state index is 0.350. The first-order valence-corrected chi connectivity index (χ1v) is 6.47. The number of nitrogens with zero attached hydrogens (tertiary/aromatic N) is 3. The minimum atomic E-state index is 0.350. The van der Waals surface area contributed by atoms with Gasteiger partial charge in [-0.25, -0.2) is 4.98 Å². The van der Waals surface area contributed by atoms with Crippen LogP contribution in [0.3, 0.4) is 0 Å². The van der Waals surface area contributed by atoms with E-state index in [1.54, 1.807) is 19.4 Å². The molecule has 1 aromatic heterocycles. The van der Waals surface area contributed by atoms with Crippen LogP contribution >= 0.6 is 0 Å². The van der Waals surface area contributed by atoms with E-state index in [1.165, 1.54) is 11.1 Å². The average molecular weight is 255 g/mol. The highest BCUT2D eigenvalue weighted by atomic mass is 16.5. The second kappa shape index (κ2) is 4.88. The Morgan fingerprint density at radius 1 is 1.26 bits per heavy atom. The lowest BCUT2D eigenvalue weighted by Gasteiger charge is -2.25. The predicted molar refractivity (Wildman–Crippen MR) is 74.5 cm³/mol. The van der Waals surface area contributed by atoms with Gasteiger partial charge < -0.3 is 9.64 Å². The van der Waals surface area contributed by atoms with Crippen molar-refractivity contribution in [3.8, 4) is 5.88 Å². The third kappa shape index (κ3) is 2.14. The summed E-state index contributed by atoms with van der Waals surface area (Å²) in [4.78, 5) is 10.9. The second-order valence-corrected chi connectivity index (χ2v) is 4.76. The van der Waals surface area contributed by atoms with Crippen molar-refractivity contribution in [1.82, 2.24) is 9.97 Å². The Morgan fingerprint density at radius 2 is 2.11 bits per heavy atom. The molecular formula is C15H17N3O. The van der Waals surface area contributed by atoms with Crippen molar-refractivity contribution in [2.45, 2.75) is 18.9 Å². The van der Waals surface area contributed by atoms with E-state index >= 15 is 0 Å². The molecule has 0 saturated heterocycles. The minimum Gasteiger partial charge on any atom is -0.481 e. The van der Waals surface area contributed by atoms with E-state index in [-0.39, 0.29) is 0 Å². The summed E-state index contributed by atoms with van der Waals surface area (Å²) < 4.78 is 5.16. The van der Waals surface area contributed by atoms with Gasteiger partial charge in [0.15, 0.2) is 0 Å². The fraction of sp³-hybridized carbons (Fsp3) is 0.333. The van der Waals surface area contributed by atoms with Crippen molar-refractivity contribution in [3.05, 3.63) is 47.7 Å². The number of anilines is 1. The molecule has 0 radical (unpaired) electrons. The van der Waals surface area contributed by atoms with E-state index in [2.05, 4.69) is 39.1 Å². The topological polar surface area (TPSA) is 38.2 Å². The summed E-state index contributed by atoms with van der Waals surface area (Å²) in [7, 11) is 3.67. The Hall–Kier alpha value is -2.10. The van der Waals surface area contributed by atoms with Crippen LogP contribution in [0.15, 0.2) is 36.5 Å². The van der Waals surface area contributed by atoms with Crippen LogP contribution in [0.4, 0.5) is 5.95 Å². The summed E-state index contributed by atoms with van der Waals surface area (Å²) in [6.07, 6.45) is 3.96. The summed E-state index contributed by atoms with van der Waals surface area (Å²) in [6, 6.07) is 10.7. The molecule has 1 aromatic carbocycles. The number of aryl methyl sites for hydroxylation is 1. The Bertz CT molecular complexity index is 585. The number of fused-ring (bicyclic) bond motifs is 1. The molecule has 1 aliphatic rings. The van der Waals surface area contributed by atoms with E-state index < -0.39 is 0 Å². The van der Waals surface area contributed by atoms with Crippen molar-refractivity contribution < 1.29 is 4.74 Å². The molecule has 1 aliphatic carbocycles. The molecule has 4 heteroatoms. The first-order chi connectivity index (χ1) is 9.29. The lowest BCUT2D eigenvalue weighted by molar-refractivity contribution is 0.396. The number of benzene rings is 1. The van der Waals surface area contributed by atoms with Gasteiger partial charge in [0.25, 0.3) is 0 Å². The highest BCUT2D eigenvalue weighted by Crippen LogP contribution is 2.36. The van der Waals surface area contributed by atoms with Crippen LogP contribution in [-0.4, -0.2) is 24.1 Å². The molecule has 19 heavy (non-hydrogen) atoms. The molecule has 2 aromatic rings. The van der Waals surface area contributed by atoms with Crippen molar-refractivity contribution >= 4 is 5.95 Å². The molecule has 0 fully saturated rings. The van der Waals surface area contributed by atoms with Crippen molar-refractivity contribution in [3.63, 3.8) is 0 Å². The molecular weight excluding hydrogens is 238 g/mol. The molecule has 0 N–H and O–H groups in total. The molecule has 1 heterocycles. The van der Waals surface area contributed by atoms with E-state index in [1.807, 2.05) is 7.05 Å². The first kappa shape index (κ1) is 12.0. The third-order valence-electron chi connectivity index (χ3n) is 3.71. The summed E-state index contributed by atoms with van der Waals surface area (Å²) in [6.45, 7) is 0. The fourth-order valence-corrected chi connectivity index (χ4v) is 2.69. The number of aromatic nitrogens is 2. The summed E-state index contributed by atoms with van der Waals surface area (Å²) in [5.74, 6) is 1.31. The average Bonchev–Trinajstić information content (AvgIpc) is 2.90. The maximum absolute atomic E-state index is 5.16. The molecule has 0 aliphatic heterocycles. The highest BCUT2D eigenvalue weighted by Gasteiger charge is 2.26. The van der Waals surface area contributed by atoms with Gasteiger partial charge in [0, 0.05) is 19.3 Å². The zero-order valence-corrected chi connectivity index (χ0v) is 11.2. The van der Waals surface area contributed by atoms with Crippen LogP contribution in [0, 0.1) is 0 Å². The Morgan fingerprint density at radius 3 is 2.95 bits per heavy atom. The molecule has 3 rings (SSSR count). The smallest absolute Gasteiger partial charge is 0.228 e. The van der Waals surface area contributed by atoms with Crippen LogP contribution in [0.1, 0.15) is 23.6 Å². The summed E-state index contributed by atoms with van der Waals surface area (Å²) >= 11 is 0. The predicted octanol–water partition coefficient (Wildman–Crippen LogP) is 2.61. The zero-order valence-electron chi connectivity index (χ0n) is 11.2. The van der Waals surface area contributed by atoms with Gasteiger partial charge in [-0.05, 0) is 24.0 Å². The lowest BCUT2D eigenvalue weighted by Crippen LogP contribution is -2.24. The van der Waals surface area contributed by atoms with Crippen LogP contribution in [0.25, 0.3) is 0 Å². The summed E-state index contributed by atoms with van der Waals surface area (Å²) in [5, 5.41) is 0. The van der Waals surface area contributed by atoms with Gasteiger partial charge in [-0.3, -0.25) is 0 Å². The highest BCUT2D eigenvalue weighted by molar-refractivity contribution is 5.42. The van der Waals surface area contributed by atoms with Crippen LogP contribution in [0.2, 0.25) is 0 Å². The molecule has 98 valence electrons. The van der Waals surface area contributed by atoms with E-state index in [9.17, 15) is 0 Å². The normalized spacial score (nSPS) is 17.1.